The van der Waals surface area contributed by atoms with E-state index in [1.54, 1.807) is 32.5 Å². The van der Waals surface area contributed by atoms with E-state index < -0.39 is 0 Å². The molecule has 1 N–H and O–H groups in total. The van der Waals surface area contributed by atoms with E-state index in [4.69, 9.17) is 9.47 Å². The second-order valence-electron chi connectivity index (χ2n) is 4.86. The molecular weight excluding hydrogens is 312 g/mol. The van der Waals surface area contributed by atoms with Gasteiger partial charge in [-0.25, -0.2) is 4.98 Å². The minimum atomic E-state index is -0.234. The van der Waals surface area contributed by atoms with Crippen LogP contribution in [0.1, 0.15) is 28.9 Å². The minimum Gasteiger partial charge on any atom is -0.497 e. The molecule has 0 bridgehead atoms. The highest BCUT2D eigenvalue weighted by Crippen LogP contribution is 2.29. The van der Waals surface area contributed by atoms with E-state index in [0.717, 1.165) is 5.56 Å². The van der Waals surface area contributed by atoms with E-state index in [9.17, 15) is 4.79 Å². The van der Waals surface area contributed by atoms with Gasteiger partial charge in [-0.2, -0.15) is 0 Å². The average molecular weight is 332 g/mol. The van der Waals surface area contributed by atoms with Crippen LogP contribution in [0.4, 0.5) is 0 Å². The topological polar surface area (TPSA) is 60.5 Å². The Balaban J connectivity index is 2.24. The molecule has 0 fully saturated rings. The van der Waals surface area contributed by atoms with Gasteiger partial charge in [0.05, 0.1) is 25.8 Å². The Bertz CT molecular complexity index is 691. The first-order valence-electron chi connectivity index (χ1n) is 7.12. The molecule has 1 amide bonds. The Hall–Kier alpha value is -2.21. The summed E-state index contributed by atoms with van der Waals surface area (Å²) >= 11 is 1.44. The first-order chi connectivity index (χ1) is 11.1. The number of hydrogen-bond acceptors (Lipinski definition) is 5. The largest absolute Gasteiger partial charge is 0.497 e. The molecule has 1 aromatic carbocycles. The molecule has 122 valence electrons. The summed E-state index contributed by atoms with van der Waals surface area (Å²) < 4.78 is 10.6. The molecule has 1 atom stereocenters. The highest BCUT2D eigenvalue weighted by molar-refractivity contribution is 7.98. The minimum absolute atomic E-state index is 0.167. The molecule has 1 heterocycles. The van der Waals surface area contributed by atoms with Crippen LogP contribution in [-0.4, -0.2) is 31.4 Å². The van der Waals surface area contributed by atoms with E-state index in [1.165, 1.54) is 11.8 Å². The van der Waals surface area contributed by atoms with Crippen LogP contribution in [0.3, 0.4) is 0 Å². The van der Waals surface area contributed by atoms with Gasteiger partial charge >= 0.3 is 0 Å². The summed E-state index contributed by atoms with van der Waals surface area (Å²) in [6, 6.07) is 8.80. The Kier molecular flexibility index (Phi) is 5.87. The monoisotopic (exact) mass is 332 g/mol. The predicted octanol–water partition coefficient (Wildman–Crippen LogP) is 3.31. The van der Waals surface area contributed by atoms with Gasteiger partial charge in [-0.3, -0.25) is 4.79 Å². The van der Waals surface area contributed by atoms with Crippen molar-refractivity contribution in [2.24, 2.45) is 0 Å². The third-order valence-electron chi connectivity index (χ3n) is 3.46. The van der Waals surface area contributed by atoms with Crippen LogP contribution in [0.5, 0.6) is 11.5 Å². The van der Waals surface area contributed by atoms with E-state index in [0.29, 0.717) is 22.1 Å². The summed E-state index contributed by atoms with van der Waals surface area (Å²) in [4.78, 5) is 16.7. The average Bonchev–Trinajstić information content (AvgIpc) is 2.60. The number of nitrogens with zero attached hydrogens (tertiary/aromatic N) is 1. The zero-order valence-electron chi connectivity index (χ0n) is 13.6. The number of aromatic nitrogens is 1. The molecule has 0 aliphatic heterocycles. The molecule has 1 aromatic heterocycles. The lowest BCUT2D eigenvalue weighted by molar-refractivity contribution is 0.0935. The lowest BCUT2D eigenvalue weighted by Gasteiger charge is -2.18. The Morgan fingerprint density at radius 2 is 2.04 bits per heavy atom. The number of pyridine rings is 1. The van der Waals surface area contributed by atoms with E-state index >= 15 is 0 Å². The summed E-state index contributed by atoms with van der Waals surface area (Å²) in [5.74, 6) is 1.25. The van der Waals surface area contributed by atoms with Gasteiger partial charge in [0.15, 0.2) is 0 Å². The van der Waals surface area contributed by atoms with Crippen LogP contribution in [-0.2, 0) is 0 Å². The Labute approximate surface area is 140 Å². The normalized spacial score (nSPS) is 11.7. The van der Waals surface area contributed by atoms with Crippen molar-refractivity contribution in [1.82, 2.24) is 10.3 Å². The number of amides is 1. The fourth-order valence-electron chi connectivity index (χ4n) is 2.26. The smallest absolute Gasteiger partial charge is 0.254 e. The van der Waals surface area contributed by atoms with Crippen molar-refractivity contribution in [2.45, 2.75) is 18.0 Å². The summed E-state index contributed by atoms with van der Waals surface area (Å²) in [7, 11) is 3.21. The fraction of sp³-hybridized carbons (Fsp3) is 0.294. The Morgan fingerprint density at radius 3 is 2.70 bits per heavy atom. The van der Waals surface area contributed by atoms with Crippen LogP contribution in [0.25, 0.3) is 0 Å². The number of ether oxygens (including phenoxy) is 2. The summed E-state index contributed by atoms with van der Waals surface area (Å²) in [6.07, 6.45) is 3.57. The van der Waals surface area contributed by atoms with Crippen LogP contribution >= 0.6 is 11.8 Å². The van der Waals surface area contributed by atoms with Gasteiger partial charge in [0.1, 0.15) is 16.5 Å². The van der Waals surface area contributed by atoms with Gasteiger partial charge in [-0.05, 0) is 43.5 Å². The lowest BCUT2D eigenvalue weighted by Crippen LogP contribution is -2.27. The fourth-order valence-corrected chi connectivity index (χ4v) is 2.80. The molecule has 0 radical (unpaired) electrons. The van der Waals surface area contributed by atoms with Gasteiger partial charge in [0, 0.05) is 11.8 Å². The standard InChI is InChI=1S/C17H20N2O3S/c1-11(14-10-12(21-2)7-8-15(14)22-3)19-16(20)13-6-5-9-18-17(13)23-4/h5-11H,1-4H3,(H,19,20)/t11-/m0/s1. The van der Waals surface area contributed by atoms with E-state index in [-0.39, 0.29) is 11.9 Å². The molecule has 23 heavy (non-hydrogen) atoms. The van der Waals surface area contributed by atoms with Crippen molar-refractivity contribution in [3.8, 4) is 11.5 Å². The number of rotatable bonds is 6. The van der Waals surface area contributed by atoms with Gasteiger partial charge in [0.2, 0.25) is 0 Å². The van der Waals surface area contributed by atoms with Crippen LogP contribution in [0.2, 0.25) is 0 Å². The summed E-state index contributed by atoms with van der Waals surface area (Å²) in [5.41, 5.74) is 1.42. The quantitative estimate of drug-likeness (QED) is 0.822. The zero-order valence-corrected chi connectivity index (χ0v) is 14.4. The number of nitrogens with one attached hydrogen (secondary N) is 1. The zero-order chi connectivity index (χ0) is 16.8. The molecule has 0 aliphatic rings. The maximum absolute atomic E-state index is 12.5. The molecule has 5 nitrogen and oxygen atoms in total. The van der Waals surface area contributed by atoms with Crippen molar-refractivity contribution in [3.05, 3.63) is 47.7 Å². The maximum Gasteiger partial charge on any atom is 0.254 e. The summed E-state index contributed by atoms with van der Waals surface area (Å²) in [6.45, 7) is 1.91. The van der Waals surface area contributed by atoms with Gasteiger partial charge in [-0.15, -0.1) is 11.8 Å². The number of hydrogen-bond donors (Lipinski definition) is 1. The Morgan fingerprint density at radius 1 is 1.26 bits per heavy atom. The van der Waals surface area contributed by atoms with Crippen molar-refractivity contribution in [2.75, 3.05) is 20.5 Å². The molecular formula is C17H20N2O3S. The first kappa shape index (κ1) is 17.1. The third-order valence-corrected chi connectivity index (χ3v) is 4.17. The maximum atomic E-state index is 12.5. The predicted molar refractivity (Wildman–Crippen MR) is 91.4 cm³/mol. The molecule has 0 spiro atoms. The van der Waals surface area contributed by atoms with E-state index in [1.807, 2.05) is 31.4 Å². The molecule has 0 unspecified atom stereocenters. The van der Waals surface area contributed by atoms with Gasteiger partial charge < -0.3 is 14.8 Å². The molecule has 0 saturated carbocycles. The first-order valence-corrected chi connectivity index (χ1v) is 8.35. The second-order valence-corrected chi connectivity index (χ2v) is 5.66. The molecule has 0 aliphatic carbocycles. The number of thioether (sulfide) groups is 1. The number of methoxy groups -OCH3 is 2. The van der Waals surface area contributed by atoms with Crippen molar-refractivity contribution in [1.29, 1.82) is 0 Å². The third kappa shape index (κ3) is 3.96. The molecule has 6 heteroatoms. The number of carbonyl (C=O) groups is 1. The highest BCUT2D eigenvalue weighted by atomic mass is 32.2. The van der Waals surface area contributed by atoms with Crippen molar-refractivity contribution in [3.63, 3.8) is 0 Å². The van der Waals surface area contributed by atoms with Crippen molar-refractivity contribution >= 4 is 17.7 Å². The second kappa shape index (κ2) is 7.87. The summed E-state index contributed by atoms with van der Waals surface area (Å²) in [5, 5.41) is 3.69. The lowest BCUT2D eigenvalue weighted by atomic mass is 10.1. The molecule has 2 rings (SSSR count). The number of benzene rings is 1. The number of carbonyl (C=O) groups excluding carboxylic acids is 1. The van der Waals surface area contributed by atoms with Crippen molar-refractivity contribution < 1.29 is 14.3 Å². The highest BCUT2D eigenvalue weighted by Gasteiger charge is 2.18. The van der Waals surface area contributed by atoms with Crippen LogP contribution in [0, 0.1) is 0 Å². The van der Waals surface area contributed by atoms with Gasteiger partial charge in [-0.1, -0.05) is 0 Å². The van der Waals surface area contributed by atoms with E-state index in [2.05, 4.69) is 10.3 Å². The van der Waals surface area contributed by atoms with Crippen LogP contribution < -0.4 is 14.8 Å². The molecule has 0 saturated heterocycles. The van der Waals surface area contributed by atoms with Gasteiger partial charge in [0.25, 0.3) is 5.91 Å². The molecule has 2 aromatic rings. The van der Waals surface area contributed by atoms with Crippen LogP contribution in [0.15, 0.2) is 41.6 Å². The SMILES string of the molecule is COc1ccc(OC)c([C@H](C)NC(=O)c2cccnc2SC)c1.